The van der Waals surface area contributed by atoms with Gasteiger partial charge in [0.05, 0.1) is 4.90 Å². The summed E-state index contributed by atoms with van der Waals surface area (Å²) in [6.07, 6.45) is 2.04. The molecule has 2 rings (SSSR count). The molecule has 7 heteroatoms. The predicted molar refractivity (Wildman–Crippen MR) is 69.2 cm³/mol. The van der Waals surface area contributed by atoms with Gasteiger partial charge in [0.25, 0.3) is 5.91 Å². The third-order valence-corrected chi connectivity index (χ3v) is 3.84. The molecular formula is C12H16N2O4S. The minimum absolute atomic E-state index is 0.0577. The average molecular weight is 284 g/mol. The Bertz CT molecular complexity index is 594. The van der Waals surface area contributed by atoms with Gasteiger partial charge in [-0.1, -0.05) is 0 Å². The van der Waals surface area contributed by atoms with E-state index in [1.54, 1.807) is 13.0 Å². The number of hydrogen-bond acceptors (Lipinski definition) is 4. The first kappa shape index (κ1) is 13.8. The van der Waals surface area contributed by atoms with E-state index in [1.807, 2.05) is 0 Å². The summed E-state index contributed by atoms with van der Waals surface area (Å²) in [7, 11) is -3.72. The summed E-state index contributed by atoms with van der Waals surface area (Å²) in [5, 5.41) is 7.85. The van der Waals surface area contributed by atoms with Gasteiger partial charge in [0, 0.05) is 6.04 Å². The largest absolute Gasteiger partial charge is 0.484 e. The van der Waals surface area contributed by atoms with Gasteiger partial charge in [0.15, 0.2) is 6.61 Å². The van der Waals surface area contributed by atoms with Crippen molar-refractivity contribution in [1.29, 1.82) is 0 Å². The van der Waals surface area contributed by atoms with Crippen molar-refractivity contribution < 1.29 is 17.9 Å². The number of amides is 1. The number of carbonyl (C=O) groups is 1. The quantitative estimate of drug-likeness (QED) is 0.812. The van der Waals surface area contributed by atoms with Gasteiger partial charge in [-0.3, -0.25) is 4.79 Å². The standard InChI is InChI=1S/C12H16N2O4S/c1-8-6-10(4-5-11(8)19(13,16)17)18-7-12(15)14-9-2-3-9/h4-6,9H,2-3,7H2,1H3,(H,14,15)(H2,13,16,17). The molecule has 0 aliphatic heterocycles. The van der Waals surface area contributed by atoms with Crippen LogP contribution in [0.1, 0.15) is 18.4 Å². The van der Waals surface area contributed by atoms with E-state index >= 15 is 0 Å². The van der Waals surface area contributed by atoms with E-state index in [1.165, 1.54) is 12.1 Å². The molecular weight excluding hydrogens is 268 g/mol. The maximum absolute atomic E-state index is 11.4. The number of rotatable bonds is 5. The second-order valence-electron chi connectivity index (χ2n) is 4.60. The van der Waals surface area contributed by atoms with Crippen molar-refractivity contribution in [3.05, 3.63) is 23.8 Å². The van der Waals surface area contributed by atoms with Gasteiger partial charge in [-0.25, -0.2) is 13.6 Å². The molecule has 0 aromatic heterocycles. The molecule has 1 aromatic carbocycles. The summed E-state index contributed by atoms with van der Waals surface area (Å²) in [6, 6.07) is 4.70. The highest BCUT2D eigenvalue weighted by Gasteiger charge is 2.23. The lowest BCUT2D eigenvalue weighted by Crippen LogP contribution is -2.30. The van der Waals surface area contributed by atoms with Gasteiger partial charge < -0.3 is 10.1 Å². The maximum Gasteiger partial charge on any atom is 0.258 e. The highest BCUT2D eigenvalue weighted by molar-refractivity contribution is 7.89. The van der Waals surface area contributed by atoms with Crippen LogP contribution in [0.3, 0.4) is 0 Å². The normalized spacial score (nSPS) is 15.1. The van der Waals surface area contributed by atoms with E-state index in [2.05, 4.69) is 5.32 Å². The number of sulfonamides is 1. The number of benzene rings is 1. The average Bonchev–Trinajstić information content (AvgIpc) is 3.08. The molecule has 0 heterocycles. The number of hydrogen-bond donors (Lipinski definition) is 2. The summed E-state index contributed by atoms with van der Waals surface area (Å²) in [4.78, 5) is 11.5. The Morgan fingerprint density at radius 1 is 1.47 bits per heavy atom. The Kier molecular flexibility index (Phi) is 3.77. The van der Waals surface area contributed by atoms with E-state index in [0.29, 0.717) is 17.4 Å². The fourth-order valence-electron chi connectivity index (χ4n) is 1.68. The monoisotopic (exact) mass is 284 g/mol. The van der Waals surface area contributed by atoms with Gasteiger partial charge in [0.2, 0.25) is 10.0 Å². The molecule has 0 spiro atoms. The number of carbonyl (C=O) groups excluding carboxylic acids is 1. The SMILES string of the molecule is Cc1cc(OCC(=O)NC2CC2)ccc1S(N)(=O)=O. The fourth-order valence-corrected chi connectivity index (χ4v) is 2.44. The second-order valence-corrected chi connectivity index (χ2v) is 6.13. The molecule has 1 aromatic rings. The van der Waals surface area contributed by atoms with Gasteiger partial charge in [-0.15, -0.1) is 0 Å². The van der Waals surface area contributed by atoms with Crippen molar-refractivity contribution >= 4 is 15.9 Å². The van der Waals surface area contributed by atoms with Gasteiger partial charge >= 0.3 is 0 Å². The summed E-state index contributed by atoms with van der Waals surface area (Å²) < 4.78 is 27.8. The topological polar surface area (TPSA) is 98.5 Å². The Morgan fingerprint density at radius 2 is 2.16 bits per heavy atom. The zero-order chi connectivity index (χ0) is 14.0. The Hall–Kier alpha value is -1.60. The number of aryl methyl sites for hydroxylation is 1. The number of primary sulfonamides is 1. The highest BCUT2D eigenvalue weighted by atomic mass is 32.2. The van der Waals surface area contributed by atoms with Gasteiger partial charge in [0.1, 0.15) is 5.75 Å². The van der Waals surface area contributed by atoms with Gasteiger partial charge in [-0.2, -0.15) is 0 Å². The highest BCUT2D eigenvalue weighted by Crippen LogP contribution is 2.21. The zero-order valence-corrected chi connectivity index (χ0v) is 11.4. The number of nitrogens with one attached hydrogen (secondary N) is 1. The molecule has 1 fully saturated rings. The van der Waals surface area contributed by atoms with Crippen LogP contribution in [0.2, 0.25) is 0 Å². The molecule has 1 saturated carbocycles. The zero-order valence-electron chi connectivity index (χ0n) is 10.5. The molecule has 0 saturated heterocycles. The summed E-state index contributed by atoms with van der Waals surface area (Å²) in [5.41, 5.74) is 0.489. The lowest BCUT2D eigenvalue weighted by Gasteiger charge is -2.09. The summed E-state index contributed by atoms with van der Waals surface area (Å²) in [6.45, 7) is 1.54. The summed E-state index contributed by atoms with van der Waals surface area (Å²) >= 11 is 0. The smallest absolute Gasteiger partial charge is 0.258 e. The molecule has 3 N–H and O–H groups in total. The van der Waals surface area contributed by atoms with Crippen molar-refractivity contribution in [1.82, 2.24) is 5.32 Å². The fraction of sp³-hybridized carbons (Fsp3) is 0.417. The first-order valence-electron chi connectivity index (χ1n) is 5.92. The molecule has 19 heavy (non-hydrogen) atoms. The second kappa shape index (κ2) is 5.18. The van der Waals surface area contributed by atoms with E-state index < -0.39 is 10.0 Å². The first-order chi connectivity index (χ1) is 8.86. The van der Waals surface area contributed by atoms with Crippen molar-refractivity contribution in [2.75, 3.05) is 6.61 Å². The van der Waals surface area contributed by atoms with Crippen LogP contribution >= 0.6 is 0 Å². The Labute approximate surface area is 112 Å². The molecule has 0 atom stereocenters. The van der Waals surface area contributed by atoms with E-state index in [9.17, 15) is 13.2 Å². The molecule has 0 bridgehead atoms. The molecule has 1 aliphatic rings. The van der Waals surface area contributed by atoms with Crippen LogP contribution in [-0.4, -0.2) is 27.0 Å². The molecule has 1 aliphatic carbocycles. The Balaban J connectivity index is 1.97. The molecule has 104 valence electrons. The van der Waals surface area contributed by atoms with Crippen LogP contribution in [0.4, 0.5) is 0 Å². The van der Waals surface area contributed by atoms with Crippen LogP contribution in [0.5, 0.6) is 5.75 Å². The van der Waals surface area contributed by atoms with Crippen LogP contribution in [-0.2, 0) is 14.8 Å². The van der Waals surface area contributed by atoms with E-state index in [0.717, 1.165) is 12.8 Å². The van der Waals surface area contributed by atoms with Crippen molar-refractivity contribution in [3.63, 3.8) is 0 Å². The number of nitrogens with two attached hydrogens (primary N) is 1. The molecule has 6 nitrogen and oxygen atoms in total. The lowest BCUT2D eigenvalue weighted by molar-refractivity contribution is -0.123. The van der Waals surface area contributed by atoms with Crippen LogP contribution < -0.4 is 15.2 Å². The lowest BCUT2D eigenvalue weighted by atomic mass is 10.2. The summed E-state index contributed by atoms with van der Waals surface area (Å²) in [5.74, 6) is 0.270. The molecule has 0 radical (unpaired) electrons. The van der Waals surface area contributed by atoms with E-state index in [4.69, 9.17) is 9.88 Å². The molecule has 1 amide bonds. The number of ether oxygens (including phenoxy) is 1. The van der Waals surface area contributed by atoms with Crippen LogP contribution in [0.25, 0.3) is 0 Å². The van der Waals surface area contributed by atoms with Crippen molar-refractivity contribution in [3.8, 4) is 5.75 Å². The third-order valence-electron chi connectivity index (χ3n) is 2.77. The van der Waals surface area contributed by atoms with Gasteiger partial charge in [-0.05, 0) is 43.5 Å². The molecule has 0 unspecified atom stereocenters. The predicted octanol–water partition coefficient (Wildman–Crippen LogP) is 0.300. The Morgan fingerprint density at radius 3 is 2.68 bits per heavy atom. The first-order valence-corrected chi connectivity index (χ1v) is 7.46. The van der Waals surface area contributed by atoms with Crippen LogP contribution in [0.15, 0.2) is 23.1 Å². The van der Waals surface area contributed by atoms with Crippen LogP contribution in [0, 0.1) is 6.92 Å². The van der Waals surface area contributed by atoms with E-state index in [-0.39, 0.29) is 17.4 Å². The minimum atomic E-state index is -3.72. The minimum Gasteiger partial charge on any atom is -0.484 e. The van der Waals surface area contributed by atoms with Crippen molar-refractivity contribution in [2.24, 2.45) is 5.14 Å². The van der Waals surface area contributed by atoms with Crippen molar-refractivity contribution in [2.45, 2.75) is 30.7 Å². The maximum atomic E-state index is 11.4. The third kappa shape index (κ3) is 3.93.